The van der Waals surface area contributed by atoms with Gasteiger partial charge in [-0.25, -0.2) is 0 Å². The number of hydrogen-bond acceptors (Lipinski definition) is 3. The summed E-state index contributed by atoms with van der Waals surface area (Å²) in [6.45, 7) is 2.80. The van der Waals surface area contributed by atoms with Crippen molar-refractivity contribution in [1.29, 1.82) is 0 Å². The Balaban J connectivity index is 1.65. The molecule has 2 aromatic carbocycles. The van der Waals surface area contributed by atoms with Gasteiger partial charge in [-0.1, -0.05) is 24.3 Å². The van der Waals surface area contributed by atoms with Crippen molar-refractivity contribution in [2.75, 3.05) is 25.5 Å². The van der Waals surface area contributed by atoms with E-state index in [9.17, 15) is 9.59 Å². The SMILES string of the molecule is COc1cccc(-c2ccc(NC(=O)[C@@H]3CCCN(C(C)=O)C3)cc2)c1. The van der Waals surface area contributed by atoms with Crippen LogP contribution < -0.4 is 10.1 Å². The first kappa shape index (κ1) is 18.0. The Morgan fingerprint density at radius 1 is 1.12 bits per heavy atom. The topological polar surface area (TPSA) is 58.6 Å². The van der Waals surface area contributed by atoms with Gasteiger partial charge in [0, 0.05) is 25.7 Å². The molecule has 1 aliphatic heterocycles. The maximum Gasteiger partial charge on any atom is 0.229 e. The zero-order valence-corrected chi connectivity index (χ0v) is 15.2. The fourth-order valence-electron chi connectivity index (χ4n) is 3.27. The van der Waals surface area contributed by atoms with E-state index in [1.165, 1.54) is 0 Å². The van der Waals surface area contributed by atoms with E-state index in [0.29, 0.717) is 6.54 Å². The lowest BCUT2D eigenvalue weighted by molar-refractivity contribution is -0.132. The Labute approximate surface area is 154 Å². The van der Waals surface area contributed by atoms with Gasteiger partial charge >= 0.3 is 0 Å². The maximum atomic E-state index is 12.5. The number of likely N-dealkylation sites (tertiary alicyclic amines) is 1. The van der Waals surface area contributed by atoms with Crippen LogP contribution in [0.25, 0.3) is 11.1 Å². The highest BCUT2D eigenvalue weighted by molar-refractivity contribution is 5.93. The van der Waals surface area contributed by atoms with Crippen molar-refractivity contribution in [3.8, 4) is 16.9 Å². The predicted molar refractivity (Wildman–Crippen MR) is 102 cm³/mol. The Hall–Kier alpha value is -2.82. The Kier molecular flexibility index (Phi) is 5.56. The van der Waals surface area contributed by atoms with Crippen LogP contribution in [-0.4, -0.2) is 36.9 Å². The number of amides is 2. The van der Waals surface area contributed by atoms with Crippen molar-refractivity contribution in [3.63, 3.8) is 0 Å². The number of rotatable bonds is 4. The monoisotopic (exact) mass is 352 g/mol. The van der Waals surface area contributed by atoms with E-state index in [2.05, 4.69) is 5.32 Å². The van der Waals surface area contributed by atoms with Crippen molar-refractivity contribution >= 4 is 17.5 Å². The van der Waals surface area contributed by atoms with Crippen LogP contribution in [0.15, 0.2) is 48.5 Å². The number of carbonyl (C=O) groups is 2. The minimum Gasteiger partial charge on any atom is -0.497 e. The lowest BCUT2D eigenvalue weighted by Crippen LogP contribution is -2.42. The number of nitrogens with one attached hydrogen (secondary N) is 1. The molecule has 5 heteroatoms. The molecule has 0 bridgehead atoms. The molecule has 0 spiro atoms. The molecule has 0 unspecified atom stereocenters. The van der Waals surface area contributed by atoms with E-state index >= 15 is 0 Å². The summed E-state index contributed by atoms with van der Waals surface area (Å²) in [5.74, 6) is 0.674. The average Bonchev–Trinajstić information content (AvgIpc) is 2.68. The fraction of sp³-hybridized carbons (Fsp3) is 0.333. The van der Waals surface area contributed by atoms with Crippen molar-refractivity contribution in [2.24, 2.45) is 5.92 Å². The van der Waals surface area contributed by atoms with Crippen LogP contribution in [0.2, 0.25) is 0 Å². The number of anilines is 1. The van der Waals surface area contributed by atoms with Gasteiger partial charge in [-0.3, -0.25) is 9.59 Å². The molecule has 0 aliphatic carbocycles. The summed E-state index contributed by atoms with van der Waals surface area (Å²) in [7, 11) is 1.65. The highest BCUT2D eigenvalue weighted by atomic mass is 16.5. The largest absolute Gasteiger partial charge is 0.497 e. The van der Waals surface area contributed by atoms with Crippen molar-refractivity contribution in [2.45, 2.75) is 19.8 Å². The van der Waals surface area contributed by atoms with Crippen LogP contribution in [0.5, 0.6) is 5.75 Å². The fourth-order valence-corrected chi connectivity index (χ4v) is 3.27. The lowest BCUT2D eigenvalue weighted by Gasteiger charge is -2.31. The number of methoxy groups -OCH3 is 1. The second-order valence-corrected chi connectivity index (χ2v) is 6.60. The number of carbonyl (C=O) groups excluding carboxylic acids is 2. The first-order valence-electron chi connectivity index (χ1n) is 8.87. The normalized spacial score (nSPS) is 16.8. The minimum atomic E-state index is -0.147. The van der Waals surface area contributed by atoms with Gasteiger partial charge in [0.25, 0.3) is 0 Å². The second-order valence-electron chi connectivity index (χ2n) is 6.60. The summed E-state index contributed by atoms with van der Waals surface area (Å²) in [4.78, 5) is 25.8. The van der Waals surface area contributed by atoms with Crippen LogP contribution in [0.1, 0.15) is 19.8 Å². The number of benzene rings is 2. The van der Waals surface area contributed by atoms with Gasteiger partial charge in [0.1, 0.15) is 5.75 Å². The Morgan fingerprint density at radius 3 is 2.58 bits per heavy atom. The average molecular weight is 352 g/mol. The van der Waals surface area contributed by atoms with Gasteiger partial charge < -0.3 is 15.0 Å². The third-order valence-corrected chi connectivity index (χ3v) is 4.79. The van der Waals surface area contributed by atoms with Gasteiger partial charge in [-0.05, 0) is 48.2 Å². The molecule has 136 valence electrons. The van der Waals surface area contributed by atoms with Crippen molar-refractivity contribution in [1.82, 2.24) is 4.90 Å². The number of hydrogen-bond donors (Lipinski definition) is 1. The third-order valence-electron chi connectivity index (χ3n) is 4.79. The molecule has 0 saturated carbocycles. The molecule has 2 aromatic rings. The molecule has 0 aromatic heterocycles. The molecule has 1 aliphatic rings. The van der Waals surface area contributed by atoms with Gasteiger partial charge in [0.15, 0.2) is 0 Å². The van der Waals surface area contributed by atoms with Gasteiger partial charge in [-0.2, -0.15) is 0 Å². The highest BCUT2D eigenvalue weighted by Crippen LogP contribution is 2.25. The summed E-state index contributed by atoms with van der Waals surface area (Å²) in [6, 6.07) is 15.6. The molecule has 3 rings (SSSR count). The lowest BCUT2D eigenvalue weighted by atomic mass is 9.97. The molecule has 2 amide bonds. The molecule has 1 N–H and O–H groups in total. The second kappa shape index (κ2) is 8.04. The van der Waals surface area contributed by atoms with Crippen LogP contribution >= 0.6 is 0 Å². The quantitative estimate of drug-likeness (QED) is 0.915. The molecule has 1 fully saturated rings. The van der Waals surface area contributed by atoms with Gasteiger partial charge in [0.05, 0.1) is 13.0 Å². The van der Waals surface area contributed by atoms with Crippen molar-refractivity contribution < 1.29 is 14.3 Å². The Morgan fingerprint density at radius 2 is 1.88 bits per heavy atom. The number of ether oxygens (including phenoxy) is 1. The number of nitrogens with zero attached hydrogens (tertiary/aromatic N) is 1. The summed E-state index contributed by atoms with van der Waals surface area (Å²) >= 11 is 0. The summed E-state index contributed by atoms with van der Waals surface area (Å²) in [6.07, 6.45) is 1.68. The van der Waals surface area contributed by atoms with Crippen LogP contribution in [-0.2, 0) is 9.59 Å². The molecular weight excluding hydrogens is 328 g/mol. The molecule has 1 heterocycles. The van der Waals surface area contributed by atoms with E-state index in [-0.39, 0.29) is 17.7 Å². The van der Waals surface area contributed by atoms with E-state index in [1.807, 2.05) is 48.5 Å². The molecule has 26 heavy (non-hydrogen) atoms. The number of piperidine rings is 1. The smallest absolute Gasteiger partial charge is 0.229 e. The van der Waals surface area contributed by atoms with Crippen molar-refractivity contribution in [3.05, 3.63) is 48.5 Å². The van der Waals surface area contributed by atoms with Crippen LogP contribution in [0, 0.1) is 5.92 Å². The van der Waals surface area contributed by atoms with Crippen LogP contribution in [0.4, 0.5) is 5.69 Å². The van der Waals surface area contributed by atoms with Crippen LogP contribution in [0.3, 0.4) is 0 Å². The Bertz CT molecular complexity index is 786. The van der Waals surface area contributed by atoms with Gasteiger partial charge in [0.2, 0.25) is 11.8 Å². The van der Waals surface area contributed by atoms with E-state index in [1.54, 1.807) is 18.9 Å². The van der Waals surface area contributed by atoms with Gasteiger partial charge in [-0.15, -0.1) is 0 Å². The zero-order valence-electron chi connectivity index (χ0n) is 15.2. The maximum absolute atomic E-state index is 12.5. The highest BCUT2D eigenvalue weighted by Gasteiger charge is 2.26. The third kappa shape index (κ3) is 4.23. The first-order valence-corrected chi connectivity index (χ1v) is 8.87. The van der Waals surface area contributed by atoms with E-state index in [0.717, 1.165) is 42.0 Å². The standard InChI is InChI=1S/C21H24N2O3/c1-15(24)23-12-4-6-18(14-23)21(25)22-19-10-8-16(9-11-19)17-5-3-7-20(13-17)26-2/h3,5,7-11,13,18H,4,6,12,14H2,1-2H3,(H,22,25)/t18-/m1/s1. The predicted octanol–water partition coefficient (Wildman–Crippen LogP) is 3.56. The molecule has 0 radical (unpaired) electrons. The minimum absolute atomic E-state index is 0.0231. The first-order chi connectivity index (χ1) is 12.6. The molecular formula is C21H24N2O3. The summed E-state index contributed by atoms with van der Waals surface area (Å²) in [5.41, 5.74) is 2.88. The molecule has 1 saturated heterocycles. The van der Waals surface area contributed by atoms with E-state index < -0.39 is 0 Å². The van der Waals surface area contributed by atoms with E-state index in [4.69, 9.17) is 4.74 Å². The zero-order chi connectivity index (χ0) is 18.5. The molecule has 1 atom stereocenters. The summed E-state index contributed by atoms with van der Waals surface area (Å²) < 4.78 is 5.26. The summed E-state index contributed by atoms with van der Waals surface area (Å²) in [5, 5.41) is 2.97. The molecule has 5 nitrogen and oxygen atoms in total.